The Kier molecular flexibility index (Phi) is 4.42. The van der Waals surface area contributed by atoms with E-state index in [2.05, 4.69) is 10.2 Å². The fourth-order valence-electron chi connectivity index (χ4n) is 2.52. The molecule has 0 saturated heterocycles. The predicted molar refractivity (Wildman–Crippen MR) is 87.0 cm³/mol. The van der Waals surface area contributed by atoms with E-state index in [1.54, 1.807) is 30.3 Å². The van der Waals surface area contributed by atoms with Crippen molar-refractivity contribution in [2.75, 3.05) is 5.75 Å². The van der Waals surface area contributed by atoms with Crippen molar-refractivity contribution in [2.45, 2.75) is 18.3 Å². The maximum absolute atomic E-state index is 13.4. The van der Waals surface area contributed by atoms with Crippen LogP contribution in [0.1, 0.15) is 11.4 Å². The summed E-state index contributed by atoms with van der Waals surface area (Å²) in [6.45, 7) is 1.86. The summed E-state index contributed by atoms with van der Waals surface area (Å²) in [5.74, 6) is -2.75. The Labute approximate surface area is 144 Å². The van der Waals surface area contributed by atoms with E-state index in [1.807, 2.05) is 13.0 Å². The Morgan fingerprint density at radius 3 is 2.48 bits per heavy atom. The average Bonchev–Trinajstić information content (AvgIpc) is 2.97. The summed E-state index contributed by atoms with van der Waals surface area (Å²) in [5, 5.41) is 16.9. The van der Waals surface area contributed by atoms with Gasteiger partial charge in [-0.25, -0.2) is 0 Å². The van der Waals surface area contributed by atoms with Gasteiger partial charge in [0.25, 0.3) is 0 Å². The number of aryl methyl sites for hydroxylation is 1. The molecule has 0 bridgehead atoms. The van der Waals surface area contributed by atoms with Crippen LogP contribution >= 0.6 is 11.8 Å². The summed E-state index contributed by atoms with van der Waals surface area (Å²) in [5.41, 5.74) is 1.17. The second kappa shape index (κ2) is 6.40. The van der Waals surface area contributed by atoms with E-state index in [9.17, 15) is 18.0 Å². The second-order valence-electron chi connectivity index (χ2n) is 5.27. The van der Waals surface area contributed by atoms with Gasteiger partial charge < -0.3 is 5.11 Å². The zero-order valence-corrected chi connectivity index (χ0v) is 13.7. The molecule has 0 saturated carbocycles. The molecular weight excluding hydrogens is 355 g/mol. The van der Waals surface area contributed by atoms with Crippen molar-refractivity contribution in [2.24, 2.45) is 0 Å². The maximum Gasteiger partial charge on any atom is 0.452 e. The molecule has 0 fully saturated rings. The van der Waals surface area contributed by atoms with Gasteiger partial charge in [-0.3, -0.25) is 9.36 Å². The monoisotopic (exact) mass is 367 g/mol. The Bertz CT molecular complexity index is 953. The summed E-state index contributed by atoms with van der Waals surface area (Å²) < 4.78 is 41.0. The zero-order chi connectivity index (χ0) is 18.2. The van der Waals surface area contributed by atoms with E-state index < -0.39 is 23.7 Å². The fourth-order valence-corrected chi connectivity index (χ4v) is 3.18. The van der Waals surface area contributed by atoms with Crippen molar-refractivity contribution in [3.63, 3.8) is 0 Å². The molecule has 0 atom stereocenters. The normalized spacial score (nSPS) is 11.8. The first-order valence-corrected chi connectivity index (χ1v) is 8.13. The third kappa shape index (κ3) is 3.32. The number of nitrogens with zero attached hydrogens (tertiary/aromatic N) is 3. The largest absolute Gasteiger partial charge is 0.481 e. The Balaban J connectivity index is 2.27. The number of carbonyl (C=O) groups is 1. The number of halogens is 3. The van der Waals surface area contributed by atoms with Crippen molar-refractivity contribution in [1.29, 1.82) is 0 Å². The number of aliphatic carboxylic acids is 1. The number of aromatic nitrogens is 3. The molecule has 0 aliphatic rings. The summed E-state index contributed by atoms with van der Waals surface area (Å²) in [4.78, 5) is 10.8. The molecule has 3 rings (SSSR count). The molecule has 5 nitrogen and oxygen atoms in total. The van der Waals surface area contributed by atoms with Crippen molar-refractivity contribution < 1.29 is 23.1 Å². The number of carboxylic acid groups (broad SMARTS) is 1. The first-order chi connectivity index (χ1) is 11.8. The Morgan fingerprint density at radius 2 is 1.84 bits per heavy atom. The summed E-state index contributed by atoms with van der Waals surface area (Å²) in [6, 6.07) is 10.3. The van der Waals surface area contributed by atoms with Gasteiger partial charge in [0.15, 0.2) is 5.16 Å². The molecule has 3 aromatic rings. The fraction of sp³-hybridized carbons (Fsp3) is 0.188. The summed E-state index contributed by atoms with van der Waals surface area (Å²) >= 11 is 0.689. The molecule has 1 N–H and O–H groups in total. The van der Waals surface area contributed by atoms with Crippen LogP contribution in [0.2, 0.25) is 0 Å². The van der Waals surface area contributed by atoms with Gasteiger partial charge in [0.05, 0.1) is 11.4 Å². The molecule has 0 spiro atoms. The van der Waals surface area contributed by atoms with Crippen LogP contribution in [-0.4, -0.2) is 31.6 Å². The van der Waals surface area contributed by atoms with Gasteiger partial charge >= 0.3 is 12.1 Å². The molecule has 0 radical (unpaired) electrons. The van der Waals surface area contributed by atoms with Crippen LogP contribution in [0.3, 0.4) is 0 Å². The van der Waals surface area contributed by atoms with Crippen LogP contribution in [-0.2, 0) is 11.0 Å². The Morgan fingerprint density at radius 1 is 1.16 bits per heavy atom. The lowest BCUT2D eigenvalue weighted by molar-refractivity contribution is -0.146. The van der Waals surface area contributed by atoms with Crippen LogP contribution in [0.5, 0.6) is 0 Å². The molecule has 9 heteroatoms. The Hall–Kier alpha value is -2.55. The minimum absolute atomic E-state index is 0.122. The molecule has 0 amide bonds. The molecule has 0 aliphatic heterocycles. The number of alkyl halides is 3. The molecule has 0 unspecified atom stereocenters. The highest BCUT2D eigenvalue weighted by molar-refractivity contribution is 7.99. The third-order valence-corrected chi connectivity index (χ3v) is 4.49. The molecular formula is C16H12F3N3O2S. The predicted octanol–water partition coefficient (Wildman–Crippen LogP) is 3.92. The van der Waals surface area contributed by atoms with E-state index in [4.69, 9.17) is 5.11 Å². The van der Waals surface area contributed by atoms with Crippen molar-refractivity contribution >= 4 is 28.5 Å². The van der Waals surface area contributed by atoms with Crippen molar-refractivity contribution in [3.8, 4) is 5.69 Å². The number of hydrogen-bond donors (Lipinski definition) is 1. The van der Waals surface area contributed by atoms with Crippen LogP contribution in [0.15, 0.2) is 41.6 Å². The molecule has 1 aromatic heterocycles. The highest BCUT2D eigenvalue weighted by Crippen LogP contribution is 2.35. The van der Waals surface area contributed by atoms with E-state index in [0.29, 0.717) is 17.1 Å². The van der Waals surface area contributed by atoms with Crippen molar-refractivity contribution in [3.05, 3.63) is 47.8 Å². The van der Waals surface area contributed by atoms with Gasteiger partial charge in [-0.1, -0.05) is 42.1 Å². The van der Waals surface area contributed by atoms with Gasteiger partial charge in [0, 0.05) is 5.39 Å². The maximum atomic E-state index is 13.4. The third-order valence-electron chi connectivity index (χ3n) is 3.57. The number of thioether (sulfide) groups is 1. The second-order valence-corrected chi connectivity index (χ2v) is 6.21. The van der Waals surface area contributed by atoms with Gasteiger partial charge in [-0.05, 0) is 23.9 Å². The van der Waals surface area contributed by atoms with Crippen LogP contribution in [0, 0.1) is 6.92 Å². The minimum Gasteiger partial charge on any atom is -0.481 e. The van der Waals surface area contributed by atoms with Crippen LogP contribution < -0.4 is 0 Å². The first kappa shape index (κ1) is 17.3. The first-order valence-electron chi connectivity index (χ1n) is 7.15. The average molecular weight is 367 g/mol. The minimum atomic E-state index is -4.72. The number of rotatable bonds is 4. The molecule has 130 valence electrons. The topological polar surface area (TPSA) is 68.0 Å². The van der Waals surface area contributed by atoms with E-state index in [-0.39, 0.29) is 10.8 Å². The lowest BCUT2D eigenvalue weighted by Gasteiger charge is -2.15. The zero-order valence-electron chi connectivity index (χ0n) is 12.9. The van der Waals surface area contributed by atoms with Gasteiger partial charge in [-0.2, -0.15) is 13.2 Å². The number of fused-ring (bicyclic) bond motifs is 1. The number of benzene rings is 2. The van der Waals surface area contributed by atoms with E-state index >= 15 is 0 Å². The quantitative estimate of drug-likeness (QED) is 0.708. The van der Waals surface area contributed by atoms with Crippen molar-refractivity contribution in [1.82, 2.24) is 14.8 Å². The lowest BCUT2D eigenvalue weighted by Crippen LogP contribution is -2.15. The van der Waals surface area contributed by atoms with Gasteiger partial charge in [0.2, 0.25) is 5.82 Å². The highest BCUT2D eigenvalue weighted by Gasteiger charge is 2.39. The smallest absolute Gasteiger partial charge is 0.452 e. The SMILES string of the molecule is Cc1ccc(-n2c(SCC(=O)O)nnc2C(F)(F)F)c2ccccc12. The van der Waals surface area contributed by atoms with Crippen LogP contribution in [0.4, 0.5) is 13.2 Å². The highest BCUT2D eigenvalue weighted by atomic mass is 32.2. The summed E-state index contributed by atoms with van der Waals surface area (Å²) in [7, 11) is 0. The molecule has 0 aliphatic carbocycles. The number of hydrogen-bond acceptors (Lipinski definition) is 4. The molecule has 2 aromatic carbocycles. The molecule has 1 heterocycles. The van der Waals surface area contributed by atoms with Gasteiger partial charge in [0.1, 0.15) is 0 Å². The lowest BCUT2D eigenvalue weighted by atomic mass is 10.0. The van der Waals surface area contributed by atoms with E-state index in [1.165, 1.54) is 0 Å². The standard InChI is InChI=1S/C16H12F3N3O2S/c1-9-6-7-12(11-5-3-2-4-10(9)11)22-14(16(17,18)19)20-21-15(22)25-8-13(23)24/h2-7H,8H2,1H3,(H,23,24). The van der Waals surface area contributed by atoms with Crippen LogP contribution in [0.25, 0.3) is 16.5 Å². The number of carboxylic acids is 1. The summed E-state index contributed by atoms with van der Waals surface area (Å²) in [6.07, 6.45) is -4.72. The van der Waals surface area contributed by atoms with Gasteiger partial charge in [-0.15, -0.1) is 10.2 Å². The van der Waals surface area contributed by atoms with E-state index in [0.717, 1.165) is 15.5 Å². The molecule has 25 heavy (non-hydrogen) atoms.